The lowest BCUT2D eigenvalue weighted by atomic mass is 10.1. The van der Waals surface area contributed by atoms with E-state index in [1.807, 2.05) is 32.0 Å². The molecule has 0 unspecified atom stereocenters. The van der Waals surface area contributed by atoms with E-state index in [-0.39, 0.29) is 11.3 Å². The molecule has 1 N–H and O–H groups in total. The van der Waals surface area contributed by atoms with Crippen molar-refractivity contribution >= 4 is 23.4 Å². The Labute approximate surface area is 173 Å². The predicted octanol–water partition coefficient (Wildman–Crippen LogP) is 5.33. The molecule has 3 rings (SSSR count). The van der Waals surface area contributed by atoms with Crippen molar-refractivity contribution in [3.05, 3.63) is 86.7 Å². The van der Waals surface area contributed by atoms with Crippen molar-refractivity contribution in [3.8, 4) is 17.4 Å². The van der Waals surface area contributed by atoms with Gasteiger partial charge in [0.15, 0.2) is 0 Å². The number of furan rings is 1. The van der Waals surface area contributed by atoms with E-state index in [0.29, 0.717) is 28.3 Å². The summed E-state index contributed by atoms with van der Waals surface area (Å²) < 4.78 is 5.74. The number of nitro benzene ring substituents is 1. The van der Waals surface area contributed by atoms with E-state index in [4.69, 9.17) is 4.42 Å². The Morgan fingerprint density at radius 2 is 1.83 bits per heavy atom. The Kier molecular flexibility index (Phi) is 5.79. The van der Waals surface area contributed by atoms with Gasteiger partial charge in [-0.2, -0.15) is 5.26 Å². The molecule has 0 aliphatic carbocycles. The van der Waals surface area contributed by atoms with E-state index < -0.39 is 10.8 Å². The van der Waals surface area contributed by atoms with Crippen LogP contribution in [0, 0.1) is 42.2 Å². The molecule has 7 nitrogen and oxygen atoms in total. The number of hydrogen-bond donors (Lipinski definition) is 1. The molecule has 0 radical (unpaired) electrons. The molecule has 0 saturated heterocycles. The second kappa shape index (κ2) is 8.45. The van der Waals surface area contributed by atoms with Crippen LogP contribution in [0.2, 0.25) is 0 Å². The van der Waals surface area contributed by atoms with Gasteiger partial charge in [0, 0.05) is 29.5 Å². The zero-order valence-electron chi connectivity index (χ0n) is 16.7. The quantitative estimate of drug-likeness (QED) is 0.269. The summed E-state index contributed by atoms with van der Waals surface area (Å²) in [6, 6.07) is 15.2. The van der Waals surface area contributed by atoms with E-state index in [9.17, 15) is 20.2 Å². The maximum Gasteiger partial charge on any atom is 0.269 e. The highest BCUT2D eigenvalue weighted by atomic mass is 16.6. The maximum atomic E-state index is 12.5. The third-order valence-electron chi connectivity index (χ3n) is 4.73. The van der Waals surface area contributed by atoms with E-state index in [0.717, 1.165) is 11.1 Å². The van der Waals surface area contributed by atoms with Gasteiger partial charge in [0.25, 0.3) is 11.6 Å². The molecule has 0 saturated carbocycles. The predicted molar refractivity (Wildman–Crippen MR) is 114 cm³/mol. The number of anilines is 1. The molecular formula is C23H19N3O4. The first-order valence-corrected chi connectivity index (χ1v) is 9.14. The molecule has 1 amide bonds. The van der Waals surface area contributed by atoms with Crippen LogP contribution in [0.5, 0.6) is 0 Å². The van der Waals surface area contributed by atoms with Crippen LogP contribution < -0.4 is 5.32 Å². The Morgan fingerprint density at radius 3 is 2.47 bits per heavy atom. The van der Waals surface area contributed by atoms with Gasteiger partial charge in [0.05, 0.1) is 4.92 Å². The summed E-state index contributed by atoms with van der Waals surface area (Å²) in [5.41, 5.74) is 4.01. The van der Waals surface area contributed by atoms with Crippen LogP contribution in [-0.2, 0) is 4.79 Å². The average Bonchev–Trinajstić information content (AvgIpc) is 3.17. The fourth-order valence-corrected chi connectivity index (χ4v) is 2.92. The third-order valence-corrected chi connectivity index (χ3v) is 4.73. The summed E-state index contributed by atoms with van der Waals surface area (Å²) in [4.78, 5) is 22.9. The number of benzene rings is 2. The van der Waals surface area contributed by atoms with Crippen molar-refractivity contribution in [2.24, 2.45) is 0 Å². The lowest BCUT2D eigenvalue weighted by Crippen LogP contribution is -2.13. The summed E-state index contributed by atoms with van der Waals surface area (Å²) in [5, 5.41) is 23.0. The number of nitrogens with one attached hydrogen (secondary N) is 1. The number of amides is 1. The minimum Gasteiger partial charge on any atom is -0.457 e. The minimum absolute atomic E-state index is 0.00212. The highest BCUT2D eigenvalue weighted by Crippen LogP contribution is 2.29. The monoisotopic (exact) mass is 401 g/mol. The summed E-state index contributed by atoms with van der Waals surface area (Å²) in [7, 11) is 0. The number of carbonyl (C=O) groups excluding carboxylic acids is 1. The molecule has 150 valence electrons. The molecular weight excluding hydrogens is 382 g/mol. The van der Waals surface area contributed by atoms with Crippen LogP contribution in [0.3, 0.4) is 0 Å². The maximum absolute atomic E-state index is 12.5. The van der Waals surface area contributed by atoms with Gasteiger partial charge in [-0.05, 0) is 67.8 Å². The van der Waals surface area contributed by atoms with Crippen molar-refractivity contribution in [2.45, 2.75) is 20.8 Å². The number of nitro groups is 1. The van der Waals surface area contributed by atoms with Gasteiger partial charge in [0.1, 0.15) is 23.2 Å². The first kappa shape index (κ1) is 20.6. The molecule has 0 atom stereocenters. The molecule has 0 aliphatic heterocycles. The average molecular weight is 401 g/mol. The molecule has 0 aliphatic rings. The van der Waals surface area contributed by atoms with Crippen molar-refractivity contribution in [2.75, 3.05) is 5.32 Å². The van der Waals surface area contributed by atoms with Crippen molar-refractivity contribution in [1.82, 2.24) is 0 Å². The van der Waals surface area contributed by atoms with E-state index in [1.54, 1.807) is 31.2 Å². The van der Waals surface area contributed by atoms with E-state index >= 15 is 0 Å². The Bertz CT molecular complexity index is 1220. The lowest BCUT2D eigenvalue weighted by molar-refractivity contribution is -0.384. The number of nitrogens with zero attached hydrogens (tertiary/aromatic N) is 2. The number of hydrogen-bond acceptors (Lipinski definition) is 5. The summed E-state index contributed by atoms with van der Waals surface area (Å²) in [6.07, 6.45) is 1.36. The van der Waals surface area contributed by atoms with Crippen LogP contribution in [0.4, 0.5) is 11.4 Å². The van der Waals surface area contributed by atoms with E-state index in [2.05, 4.69) is 5.32 Å². The molecule has 1 heterocycles. The van der Waals surface area contributed by atoms with Gasteiger partial charge in [0.2, 0.25) is 0 Å². The molecule has 7 heteroatoms. The molecule has 0 bridgehead atoms. The molecule has 3 aromatic rings. The fourth-order valence-electron chi connectivity index (χ4n) is 2.92. The number of nitriles is 1. The second-order valence-corrected chi connectivity index (χ2v) is 6.88. The van der Waals surface area contributed by atoms with Crippen molar-refractivity contribution < 1.29 is 14.1 Å². The normalized spacial score (nSPS) is 11.1. The fraction of sp³-hybridized carbons (Fsp3) is 0.130. The molecule has 0 spiro atoms. The second-order valence-electron chi connectivity index (χ2n) is 6.88. The van der Waals surface area contributed by atoms with Crippen LogP contribution in [0.25, 0.3) is 17.4 Å². The van der Waals surface area contributed by atoms with Crippen molar-refractivity contribution in [1.29, 1.82) is 5.26 Å². The lowest BCUT2D eigenvalue weighted by Gasteiger charge is -2.07. The SMILES string of the molecule is Cc1ccc(NC(=O)/C(C#N)=C/c2ccc(-c3ccc([N+](=O)[O-])cc3C)o2)cc1C. The van der Waals surface area contributed by atoms with E-state index in [1.165, 1.54) is 18.2 Å². The smallest absolute Gasteiger partial charge is 0.269 e. The number of carbonyl (C=O) groups is 1. The Morgan fingerprint density at radius 1 is 1.07 bits per heavy atom. The number of non-ortho nitro benzene ring substituents is 1. The first-order valence-electron chi connectivity index (χ1n) is 9.14. The van der Waals surface area contributed by atoms with Crippen LogP contribution in [0.1, 0.15) is 22.5 Å². The summed E-state index contributed by atoms with van der Waals surface area (Å²) in [6.45, 7) is 5.66. The molecule has 0 fully saturated rings. The Hall–Kier alpha value is -4.18. The molecule has 1 aromatic heterocycles. The van der Waals surface area contributed by atoms with Gasteiger partial charge < -0.3 is 9.73 Å². The first-order chi connectivity index (χ1) is 14.3. The molecule has 30 heavy (non-hydrogen) atoms. The summed E-state index contributed by atoms with van der Waals surface area (Å²) in [5.74, 6) is 0.278. The van der Waals surface area contributed by atoms with Gasteiger partial charge in [-0.1, -0.05) is 6.07 Å². The minimum atomic E-state index is -0.537. The van der Waals surface area contributed by atoms with Crippen molar-refractivity contribution in [3.63, 3.8) is 0 Å². The van der Waals surface area contributed by atoms with Gasteiger partial charge in [-0.3, -0.25) is 14.9 Å². The third kappa shape index (κ3) is 4.45. The van der Waals surface area contributed by atoms with Crippen LogP contribution in [-0.4, -0.2) is 10.8 Å². The highest BCUT2D eigenvalue weighted by molar-refractivity contribution is 6.09. The van der Waals surface area contributed by atoms with Crippen LogP contribution in [0.15, 0.2) is 58.5 Å². The van der Waals surface area contributed by atoms with Crippen LogP contribution >= 0.6 is 0 Å². The largest absolute Gasteiger partial charge is 0.457 e. The zero-order valence-corrected chi connectivity index (χ0v) is 16.7. The number of aryl methyl sites for hydroxylation is 3. The molecule has 2 aromatic carbocycles. The van der Waals surface area contributed by atoms with Gasteiger partial charge in [-0.25, -0.2) is 0 Å². The Balaban J connectivity index is 1.83. The van der Waals surface area contributed by atoms with Gasteiger partial charge in [-0.15, -0.1) is 0 Å². The summed E-state index contributed by atoms with van der Waals surface area (Å²) >= 11 is 0. The zero-order chi connectivity index (χ0) is 21.8. The highest BCUT2D eigenvalue weighted by Gasteiger charge is 2.14. The number of rotatable bonds is 5. The standard InChI is InChI=1S/C23H19N3O4/c1-14-4-5-18(10-15(14)2)25-23(27)17(13-24)12-20-7-9-22(30-20)21-8-6-19(26(28)29)11-16(21)3/h4-12H,1-3H3,(H,25,27)/b17-12+. The topological polar surface area (TPSA) is 109 Å². The van der Waals surface area contributed by atoms with Gasteiger partial charge >= 0.3 is 0 Å².